The van der Waals surface area contributed by atoms with Crippen molar-refractivity contribution >= 4 is 17.7 Å². The van der Waals surface area contributed by atoms with Crippen LogP contribution in [0.5, 0.6) is 0 Å². The number of benzene rings is 1. The zero-order chi connectivity index (χ0) is 15.4. The van der Waals surface area contributed by atoms with E-state index in [-0.39, 0.29) is 0 Å². The van der Waals surface area contributed by atoms with Crippen LogP contribution in [-0.2, 0) is 4.79 Å². The Balaban J connectivity index is 2.40. The molecule has 0 radical (unpaired) electrons. The van der Waals surface area contributed by atoms with Crippen molar-refractivity contribution in [1.82, 2.24) is 4.98 Å². The van der Waals surface area contributed by atoms with Gasteiger partial charge in [0, 0.05) is 5.56 Å². The molecular formula is C16H14N2O2S. The van der Waals surface area contributed by atoms with Gasteiger partial charge in [0.25, 0.3) is 0 Å². The van der Waals surface area contributed by atoms with Crippen LogP contribution in [0.4, 0.5) is 0 Å². The number of carboxylic acid groups (broad SMARTS) is 1. The normalized spacial score (nSPS) is 11.7. The van der Waals surface area contributed by atoms with Crippen molar-refractivity contribution in [1.29, 1.82) is 5.26 Å². The van der Waals surface area contributed by atoms with Crippen LogP contribution in [0.3, 0.4) is 0 Å². The Kier molecular flexibility index (Phi) is 4.61. The second-order valence-corrected chi connectivity index (χ2v) is 5.95. The SMILES string of the molecule is Cc1ccc(-c2ccc(C#N)c(SC(C)C(=O)O)n2)cc1. The van der Waals surface area contributed by atoms with Crippen LogP contribution >= 0.6 is 11.8 Å². The molecule has 1 heterocycles. The Morgan fingerprint density at radius 3 is 2.52 bits per heavy atom. The third kappa shape index (κ3) is 3.61. The molecule has 0 amide bonds. The average molecular weight is 298 g/mol. The van der Waals surface area contributed by atoms with E-state index < -0.39 is 11.2 Å². The molecule has 1 N–H and O–H groups in total. The molecule has 2 rings (SSSR count). The van der Waals surface area contributed by atoms with E-state index in [1.807, 2.05) is 31.2 Å². The molecule has 2 aromatic rings. The summed E-state index contributed by atoms with van der Waals surface area (Å²) < 4.78 is 0. The fourth-order valence-electron chi connectivity index (χ4n) is 1.72. The van der Waals surface area contributed by atoms with Crippen molar-refractivity contribution in [3.63, 3.8) is 0 Å². The third-order valence-corrected chi connectivity index (χ3v) is 4.05. The molecule has 0 spiro atoms. The number of hydrogen-bond acceptors (Lipinski definition) is 4. The molecule has 0 saturated carbocycles. The van der Waals surface area contributed by atoms with Gasteiger partial charge in [-0.2, -0.15) is 5.26 Å². The van der Waals surface area contributed by atoms with Crippen molar-refractivity contribution < 1.29 is 9.90 Å². The van der Waals surface area contributed by atoms with Crippen LogP contribution < -0.4 is 0 Å². The van der Waals surface area contributed by atoms with Gasteiger partial charge in [0.05, 0.1) is 11.3 Å². The molecule has 1 unspecified atom stereocenters. The lowest BCUT2D eigenvalue weighted by Crippen LogP contribution is -2.12. The monoisotopic (exact) mass is 298 g/mol. The van der Waals surface area contributed by atoms with E-state index in [9.17, 15) is 4.79 Å². The highest BCUT2D eigenvalue weighted by atomic mass is 32.2. The van der Waals surface area contributed by atoms with Gasteiger partial charge in [-0.05, 0) is 26.0 Å². The van der Waals surface area contributed by atoms with Gasteiger partial charge in [-0.25, -0.2) is 4.98 Å². The van der Waals surface area contributed by atoms with Crippen LogP contribution in [-0.4, -0.2) is 21.3 Å². The number of nitrogens with zero attached hydrogens (tertiary/aromatic N) is 2. The molecule has 1 aromatic carbocycles. The third-order valence-electron chi connectivity index (χ3n) is 2.96. The number of aliphatic carboxylic acids is 1. The van der Waals surface area contributed by atoms with E-state index in [0.29, 0.717) is 10.6 Å². The summed E-state index contributed by atoms with van der Waals surface area (Å²) >= 11 is 1.08. The maximum atomic E-state index is 11.0. The van der Waals surface area contributed by atoms with Gasteiger partial charge in [0.2, 0.25) is 0 Å². The molecule has 0 aliphatic heterocycles. The van der Waals surface area contributed by atoms with E-state index >= 15 is 0 Å². The second-order valence-electron chi connectivity index (χ2n) is 4.63. The molecule has 4 nitrogen and oxygen atoms in total. The molecule has 0 fully saturated rings. The number of hydrogen-bond donors (Lipinski definition) is 1. The number of carbonyl (C=O) groups is 1. The molecule has 0 saturated heterocycles. The zero-order valence-electron chi connectivity index (χ0n) is 11.7. The predicted molar refractivity (Wildman–Crippen MR) is 82.1 cm³/mol. The van der Waals surface area contributed by atoms with Gasteiger partial charge in [-0.15, -0.1) is 0 Å². The first-order valence-corrected chi connectivity index (χ1v) is 7.27. The lowest BCUT2D eigenvalue weighted by Gasteiger charge is -2.09. The maximum absolute atomic E-state index is 11.0. The van der Waals surface area contributed by atoms with Crippen molar-refractivity contribution in [2.24, 2.45) is 0 Å². The van der Waals surface area contributed by atoms with Gasteiger partial charge in [0.1, 0.15) is 16.3 Å². The first kappa shape index (κ1) is 15.1. The van der Waals surface area contributed by atoms with Crippen LogP contribution in [0.15, 0.2) is 41.4 Å². The fraction of sp³-hybridized carbons (Fsp3) is 0.188. The van der Waals surface area contributed by atoms with Gasteiger partial charge >= 0.3 is 5.97 Å². The quantitative estimate of drug-likeness (QED) is 0.874. The molecule has 1 aromatic heterocycles. The molecule has 106 valence electrons. The van der Waals surface area contributed by atoms with Crippen LogP contribution in [0.2, 0.25) is 0 Å². The molecule has 0 bridgehead atoms. The Bertz CT molecular complexity index is 705. The number of rotatable bonds is 4. The number of aromatic nitrogens is 1. The Morgan fingerprint density at radius 2 is 1.95 bits per heavy atom. The average Bonchev–Trinajstić information content (AvgIpc) is 2.47. The van der Waals surface area contributed by atoms with Crippen molar-refractivity contribution in [2.75, 3.05) is 0 Å². The Hall–Kier alpha value is -2.32. The Morgan fingerprint density at radius 1 is 1.29 bits per heavy atom. The van der Waals surface area contributed by atoms with Crippen LogP contribution in [0.25, 0.3) is 11.3 Å². The maximum Gasteiger partial charge on any atom is 0.316 e. The van der Waals surface area contributed by atoms with Gasteiger partial charge in [-0.1, -0.05) is 41.6 Å². The van der Waals surface area contributed by atoms with E-state index in [4.69, 9.17) is 10.4 Å². The predicted octanol–water partition coefficient (Wildman–Crippen LogP) is 3.49. The highest BCUT2D eigenvalue weighted by Crippen LogP contribution is 2.28. The lowest BCUT2D eigenvalue weighted by atomic mass is 10.1. The minimum absolute atomic E-state index is 0.393. The smallest absolute Gasteiger partial charge is 0.316 e. The Labute approximate surface area is 127 Å². The highest BCUT2D eigenvalue weighted by Gasteiger charge is 2.16. The fourth-order valence-corrected chi connectivity index (χ4v) is 2.55. The molecule has 0 aliphatic carbocycles. The summed E-state index contributed by atoms with van der Waals surface area (Å²) in [7, 11) is 0. The number of nitriles is 1. The number of pyridine rings is 1. The van der Waals surface area contributed by atoms with E-state index in [0.717, 1.165) is 28.6 Å². The zero-order valence-corrected chi connectivity index (χ0v) is 12.5. The largest absolute Gasteiger partial charge is 0.480 e. The summed E-state index contributed by atoms with van der Waals surface area (Å²) in [6, 6.07) is 13.4. The molecule has 0 aliphatic rings. The van der Waals surface area contributed by atoms with Crippen LogP contribution in [0.1, 0.15) is 18.1 Å². The van der Waals surface area contributed by atoms with Crippen molar-refractivity contribution in [3.8, 4) is 17.3 Å². The molecular weight excluding hydrogens is 284 g/mol. The minimum atomic E-state index is -0.925. The lowest BCUT2D eigenvalue weighted by molar-refractivity contribution is -0.136. The summed E-state index contributed by atoms with van der Waals surface area (Å²) in [6.07, 6.45) is 0. The number of aryl methyl sites for hydroxylation is 1. The summed E-state index contributed by atoms with van der Waals surface area (Å²) in [6.45, 7) is 3.58. The molecule has 5 heteroatoms. The van der Waals surface area contributed by atoms with Gasteiger partial charge in [-0.3, -0.25) is 4.79 Å². The number of carboxylic acids is 1. The molecule has 1 atom stereocenters. The van der Waals surface area contributed by atoms with Gasteiger partial charge < -0.3 is 5.11 Å². The van der Waals surface area contributed by atoms with E-state index in [1.165, 1.54) is 0 Å². The summed E-state index contributed by atoms with van der Waals surface area (Å²) in [5, 5.41) is 17.9. The van der Waals surface area contributed by atoms with Crippen molar-refractivity contribution in [2.45, 2.75) is 24.1 Å². The number of thioether (sulfide) groups is 1. The van der Waals surface area contributed by atoms with Crippen molar-refractivity contribution in [3.05, 3.63) is 47.5 Å². The first-order chi connectivity index (χ1) is 10.0. The first-order valence-electron chi connectivity index (χ1n) is 6.39. The second kappa shape index (κ2) is 6.42. The minimum Gasteiger partial charge on any atom is -0.480 e. The summed E-state index contributed by atoms with van der Waals surface area (Å²) in [5.74, 6) is -0.925. The standard InChI is InChI=1S/C16H14N2O2S/c1-10-3-5-12(6-4-10)14-8-7-13(9-17)15(18-14)21-11(2)16(19)20/h3-8,11H,1-2H3,(H,19,20). The highest BCUT2D eigenvalue weighted by molar-refractivity contribution is 8.00. The van der Waals surface area contributed by atoms with E-state index in [1.54, 1.807) is 19.1 Å². The van der Waals surface area contributed by atoms with Crippen LogP contribution in [0, 0.1) is 18.3 Å². The summed E-state index contributed by atoms with van der Waals surface area (Å²) in [5.41, 5.74) is 3.22. The van der Waals surface area contributed by atoms with E-state index in [2.05, 4.69) is 11.1 Å². The summed E-state index contributed by atoms with van der Waals surface area (Å²) in [4.78, 5) is 15.4. The topological polar surface area (TPSA) is 74.0 Å². The van der Waals surface area contributed by atoms with Gasteiger partial charge in [0.15, 0.2) is 0 Å². The molecule has 21 heavy (non-hydrogen) atoms.